The summed E-state index contributed by atoms with van der Waals surface area (Å²) in [6.07, 6.45) is -0.110. The lowest BCUT2D eigenvalue weighted by Gasteiger charge is -2.29. The van der Waals surface area contributed by atoms with E-state index in [-0.39, 0.29) is 24.0 Å². The molecule has 7 heteroatoms. The molecule has 1 heterocycles. The Morgan fingerprint density at radius 2 is 2.33 bits per heavy atom. The Bertz CT molecular complexity index is 288. The van der Waals surface area contributed by atoms with Gasteiger partial charge in [0.1, 0.15) is 6.04 Å². The number of methoxy groups -OCH3 is 1. The Kier molecular flexibility index (Phi) is 7.07. The maximum Gasteiger partial charge on any atom is 0.315 e. The van der Waals surface area contributed by atoms with Crippen LogP contribution >= 0.6 is 11.8 Å². The molecule has 0 radical (unpaired) electrons. The molecule has 104 valence electrons. The number of hydrogen-bond acceptors (Lipinski definition) is 6. The molecule has 0 aromatic heterocycles. The summed E-state index contributed by atoms with van der Waals surface area (Å²) in [7, 11) is 1.36. The fourth-order valence-electron chi connectivity index (χ4n) is 1.60. The number of thioether (sulfide) groups is 1. The van der Waals surface area contributed by atoms with Gasteiger partial charge in [-0.1, -0.05) is 0 Å². The van der Waals surface area contributed by atoms with Gasteiger partial charge in [-0.05, 0) is 6.92 Å². The molecule has 1 amide bonds. The molecule has 0 spiro atoms. The van der Waals surface area contributed by atoms with Crippen LogP contribution in [0.3, 0.4) is 0 Å². The highest BCUT2D eigenvalue weighted by Crippen LogP contribution is 2.04. The van der Waals surface area contributed by atoms with Crippen LogP contribution in [0.5, 0.6) is 0 Å². The highest BCUT2D eigenvalue weighted by molar-refractivity contribution is 7.99. The molecular formula is C11H20N2O4S. The van der Waals surface area contributed by atoms with Gasteiger partial charge in [0.2, 0.25) is 5.91 Å². The first-order valence-corrected chi connectivity index (χ1v) is 7.08. The van der Waals surface area contributed by atoms with E-state index in [1.165, 1.54) is 18.9 Å². The van der Waals surface area contributed by atoms with E-state index in [9.17, 15) is 9.59 Å². The Morgan fingerprint density at radius 1 is 1.56 bits per heavy atom. The number of ether oxygens (including phenoxy) is 2. The SMILES string of the molecule is COC(=O)CSCCNC(=O)[C@H]1NCCO[C@@H]1C. The van der Waals surface area contributed by atoms with Crippen molar-refractivity contribution < 1.29 is 19.1 Å². The summed E-state index contributed by atoms with van der Waals surface area (Å²) in [4.78, 5) is 22.6. The van der Waals surface area contributed by atoms with Crippen molar-refractivity contribution in [2.75, 3.05) is 38.3 Å². The second-order valence-electron chi connectivity index (χ2n) is 3.93. The molecule has 0 unspecified atom stereocenters. The van der Waals surface area contributed by atoms with E-state index in [1.807, 2.05) is 6.92 Å². The van der Waals surface area contributed by atoms with E-state index in [1.54, 1.807) is 0 Å². The Morgan fingerprint density at radius 3 is 3.00 bits per heavy atom. The van der Waals surface area contributed by atoms with Crippen molar-refractivity contribution in [2.24, 2.45) is 0 Å². The second kappa shape index (κ2) is 8.34. The van der Waals surface area contributed by atoms with Gasteiger partial charge >= 0.3 is 5.97 Å². The summed E-state index contributed by atoms with van der Waals surface area (Å²) in [5, 5.41) is 5.94. The highest BCUT2D eigenvalue weighted by atomic mass is 32.2. The summed E-state index contributed by atoms with van der Waals surface area (Å²) in [6, 6.07) is -0.288. The van der Waals surface area contributed by atoms with Gasteiger partial charge in [-0.15, -0.1) is 11.8 Å². The summed E-state index contributed by atoms with van der Waals surface area (Å²) in [5.74, 6) is 0.694. The lowest BCUT2D eigenvalue weighted by Crippen LogP contribution is -2.55. The summed E-state index contributed by atoms with van der Waals surface area (Å²) in [6.45, 7) is 3.74. The number of morpholine rings is 1. The van der Waals surface area contributed by atoms with Crippen LogP contribution < -0.4 is 10.6 Å². The molecular weight excluding hydrogens is 256 g/mol. The van der Waals surface area contributed by atoms with Crippen molar-refractivity contribution in [3.05, 3.63) is 0 Å². The van der Waals surface area contributed by atoms with Crippen molar-refractivity contribution in [3.8, 4) is 0 Å². The van der Waals surface area contributed by atoms with Crippen LogP contribution in [0.2, 0.25) is 0 Å². The first kappa shape index (κ1) is 15.3. The van der Waals surface area contributed by atoms with E-state index in [0.29, 0.717) is 31.2 Å². The normalized spacial score (nSPS) is 23.4. The number of carbonyl (C=O) groups is 2. The molecule has 1 aliphatic heterocycles. The van der Waals surface area contributed by atoms with Gasteiger partial charge in [0.15, 0.2) is 0 Å². The molecule has 1 fully saturated rings. The zero-order valence-corrected chi connectivity index (χ0v) is 11.5. The zero-order valence-electron chi connectivity index (χ0n) is 10.7. The Balaban J connectivity index is 2.11. The molecule has 0 bridgehead atoms. The van der Waals surface area contributed by atoms with Crippen LogP contribution in [0.25, 0.3) is 0 Å². The lowest BCUT2D eigenvalue weighted by atomic mass is 10.1. The first-order valence-electron chi connectivity index (χ1n) is 5.92. The van der Waals surface area contributed by atoms with E-state index in [4.69, 9.17) is 4.74 Å². The van der Waals surface area contributed by atoms with Crippen LogP contribution in [-0.2, 0) is 19.1 Å². The third-order valence-corrected chi connectivity index (χ3v) is 3.52. The number of carbonyl (C=O) groups excluding carboxylic acids is 2. The smallest absolute Gasteiger partial charge is 0.315 e. The van der Waals surface area contributed by atoms with E-state index >= 15 is 0 Å². The van der Waals surface area contributed by atoms with Gasteiger partial charge in [0, 0.05) is 18.8 Å². The number of esters is 1. The minimum atomic E-state index is -0.288. The minimum Gasteiger partial charge on any atom is -0.468 e. The molecule has 2 N–H and O–H groups in total. The number of nitrogens with one attached hydrogen (secondary N) is 2. The average Bonchev–Trinajstić information content (AvgIpc) is 2.38. The van der Waals surface area contributed by atoms with Crippen molar-refractivity contribution >= 4 is 23.6 Å². The van der Waals surface area contributed by atoms with Gasteiger partial charge in [0.05, 0.1) is 25.6 Å². The van der Waals surface area contributed by atoms with Crippen molar-refractivity contribution in [1.82, 2.24) is 10.6 Å². The topological polar surface area (TPSA) is 76.7 Å². The molecule has 0 saturated carbocycles. The maximum atomic E-state index is 11.8. The van der Waals surface area contributed by atoms with Crippen LogP contribution in [0.15, 0.2) is 0 Å². The Labute approximate surface area is 111 Å². The van der Waals surface area contributed by atoms with E-state index in [0.717, 1.165) is 0 Å². The van der Waals surface area contributed by atoms with Crippen molar-refractivity contribution in [3.63, 3.8) is 0 Å². The van der Waals surface area contributed by atoms with Crippen molar-refractivity contribution in [1.29, 1.82) is 0 Å². The zero-order chi connectivity index (χ0) is 13.4. The molecule has 1 saturated heterocycles. The van der Waals surface area contributed by atoms with Crippen LogP contribution in [0.1, 0.15) is 6.92 Å². The largest absolute Gasteiger partial charge is 0.468 e. The van der Waals surface area contributed by atoms with E-state index in [2.05, 4.69) is 15.4 Å². The lowest BCUT2D eigenvalue weighted by molar-refractivity contribution is -0.137. The summed E-state index contributed by atoms with van der Waals surface area (Å²) in [5.41, 5.74) is 0. The van der Waals surface area contributed by atoms with Gasteiger partial charge in [-0.25, -0.2) is 0 Å². The number of hydrogen-bond donors (Lipinski definition) is 2. The van der Waals surface area contributed by atoms with Crippen LogP contribution in [-0.4, -0.2) is 62.3 Å². The molecule has 0 aromatic carbocycles. The fraction of sp³-hybridized carbons (Fsp3) is 0.818. The van der Waals surface area contributed by atoms with E-state index < -0.39 is 0 Å². The third-order valence-electron chi connectivity index (χ3n) is 2.59. The predicted octanol–water partition coefficient (Wildman–Crippen LogP) is -0.614. The van der Waals surface area contributed by atoms with Crippen LogP contribution in [0.4, 0.5) is 0 Å². The fourth-order valence-corrected chi connectivity index (χ4v) is 2.27. The summed E-state index contributed by atoms with van der Waals surface area (Å²) >= 11 is 1.43. The number of amides is 1. The average molecular weight is 276 g/mol. The molecule has 2 atom stereocenters. The molecule has 0 aliphatic carbocycles. The van der Waals surface area contributed by atoms with Gasteiger partial charge in [-0.2, -0.15) is 0 Å². The second-order valence-corrected chi connectivity index (χ2v) is 5.03. The number of rotatable bonds is 6. The minimum absolute atomic E-state index is 0.0548. The molecule has 1 rings (SSSR count). The van der Waals surface area contributed by atoms with Gasteiger partial charge < -0.3 is 20.1 Å². The maximum absolute atomic E-state index is 11.8. The van der Waals surface area contributed by atoms with Gasteiger partial charge in [0.25, 0.3) is 0 Å². The first-order chi connectivity index (χ1) is 8.65. The third kappa shape index (κ3) is 5.24. The molecule has 0 aromatic rings. The highest BCUT2D eigenvalue weighted by Gasteiger charge is 2.27. The monoisotopic (exact) mass is 276 g/mol. The van der Waals surface area contributed by atoms with Gasteiger partial charge in [-0.3, -0.25) is 9.59 Å². The van der Waals surface area contributed by atoms with Crippen LogP contribution in [0, 0.1) is 0 Å². The standard InChI is InChI=1S/C11H20N2O4S/c1-8-10(12-3-5-17-8)11(15)13-4-6-18-7-9(14)16-2/h8,10,12H,3-7H2,1-2H3,(H,13,15)/t8-,10+/m1/s1. The quantitative estimate of drug-likeness (QED) is 0.498. The Hall–Kier alpha value is -0.790. The summed E-state index contributed by atoms with van der Waals surface area (Å²) < 4.78 is 9.91. The van der Waals surface area contributed by atoms with Crippen molar-refractivity contribution in [2.45, 2.75) is 19.1 Å². The molecule has 1 aliphatic rings. The molecule has 18 heavy (non-hydrogen) atoms. The predicted molar refractivity (Wildman–Crippen MR) is 69.6 cm³/mol. The molecule has 6 nitrogen and oxygen atoms in total.